The van der Waals surface area contributed by atoms with Gasteiger partial charge in [0.05, 0.1) is 5.52 Å². The molecule has 0 aliphatic carbocycles. The molecule has 0 bridgehead atoms. The van der Waals surface area contributed by atoms with Gasteiger partial charge in [0.1, 0.15) is 15.8 Å². The summed E-state index contributed by atoms with van der Waals surface area (Å²) < 4.78 is 1.85. The SMILES string of the molecule is c1ccc(-c2cc(Sc3nn[nH][n+]3-c3ccccc3)nc3ccccc23)cc1. The summed E-state index contributed by atoms with van der Waals surface area (Å²) in [5.41, 5.74) is 4.25. The summed E-state index contributed by atoms with van der Waals surface area (Å²) in [6.45, 7) is 0. The van der Waals surface area contributed by atoms with Gasteiger partial charge in [-0.3, -0.25) is 0 Å². The highest BCUT2D eigenvalue weighted by atomic mass is 32.2. The fourth-order valence-electron chi connectivity index (χ4n) is 3.16. The minimum Gasteiger partial charge on any atom is -0.241 e. The monoisotopic (exact) mass is 382 g/mol. The smallest absolute Gasteiger partial charge is 0.241 e. The van der Waals surface area contributed by atoms with Crippen LogP contribution in [0, 0.1) is 0 Å². The van der Waals surface area contributed by atoms with Crippen LogP contribution in [0.1, 0.15) is 0 Å². The lowest BCUT2D eigenvalue weighted by atomic mass is 10.0. The fourth-order valence-corrected chi connectivity index (χ4v) is 3.99. The van der Waals surface area contributed by atoms with Crippen LogP contribution in [0.25, 0.3) is 27.7 Å². The van der Waals surface area contributed by atoms with Crippen LogP contribution in [-0.2, 0) is 0 Å². The zero-order valence-corrected chi connectivity index (χ0v) is 15.7. The number of para-hydroxylation sites is 2. The van der Waals surface area contributed by atoms with E-state index in [4.69, 9.17) is 4.98 Å². The van der Waals surface area contributed by atoms with Gasteiger partial charge in [0.25, 0.3) is 0 Å². The standard InChI is InChI=1S/C22H15N5S/c1-3-9-16(10-4-1)19-15-21(23-20-14-8-7-13-18(19)20)28-22-24-25-26-27(22)17-11-5-2-6-12-17/h1-15H/p+1. The Morgan fingerprint density at radius 2 is 1.50 bits per heavy atom. The Morgan fingerprint density at radius 3 is 2.32 bits per heavy atom. The summed E-state index contributed by atoms with van der Waals surface area (Å²) in [6.07, 6.45) is 0. The van der Waals surface area contributed by atoms with Crippen LogP contribution in [0.2, 0.25) is 0 Å². The number of rotatable bonds is 4. The first kappa shape index (κ1) is 16.6. The molecule has 5 aromatic rings. The lowest BCUT2D eigenvalue weighted by Crippen LogP contribution is -2.34. The summed E-state index contributed by atoms with van der Waals surface area (Å²) in [5.74, 6) is 0. The number of aromatic amines is 1. The molecule has 0 saturated heterocycles. The summed E-state index contributed by atoms with van der Waals surface area (Å²) in [4.78, 5) is 4.84. The van der Waals surface area contributed by atoms with Crippen molar-refractivity contribution < 1.29 is 4.68 Å². The van der Waals surface area contributed by atoms with Crippen LogP contribution in [0.15, 0.2) is 101 Å². The first-order chi connectivity index (χ1) is 13.9. The van der Waals surface area contributed by atoms with Crippen molar-refractivity contribution in [2.24, 2.45) is 0 Å². The van der Waals surface area contributed by atoms with Crippen molar-refractivity contribution >= 4 is 22.7 Å². The van der Waals surface area contributed by atoms with Gasteiger partial charge in [-0.05, 0) is 35.4 Å². The Labute approximate surface area is 166 Å². The quantitative estimate of drug-likeness (QED) is 0.467. The van der Waals surface area contributed by atoms with E-state index < -0.39 is 0 Å². The zero-order valence-electron chi connectivity index (χ0n) is 14.9. The number of hydrogen-bond donors (Lipinski definition) is 1. The topological polar surface area (TPSA) is 58.3 Å². The van der Waals surface area contributed by atoms with Gasteiger partial charge >= 0.3 is 5.16 Å². The lowest BCUT2D eigenvalue weighted by Gasteiger charge is -2.08. The van der Waals surface area contributed by atoms with Crippen LogP contribution in [0.4, 0.5) is 0 Å². The number of nitrogens with zero attached hydrogens (tertiary/aromatic N) is 4. The number of fused-ring (bicyclic) bond motifs is 1. The maximum atomic E-state index is 4.84. The molecule has 0 unspecified atom stereocenters. The molecule has 5 rings (SSSR count). The summed E-state index contributed by atoms with van der Waals surface area (Å²) in [5, 5.41) is 13.9. The van der Waals surface area contributed by atoms with E-state index in [-0.39, 0.29) is 0 Å². The Hall–Kier alpha value is -3.51. The van der Waals surface area contributed by atoms with Gasteiger partial charge in [0.15, 0.2) is 5.21 Å². The van der Waals surface area contributed by atoms with E-state index in [9.17, 15) is 0 Å². The minimum atomic E-state index is 0.730. The van der Waals surface area contributed by atoms with Crippen LogP contribution in [-0.4, -0.2) is 20.5 Å². The van der Waals surface area contributed by atoms with Crippen molar-refractivity contribution in [3.8, 4) is 16.8 Å². The van der Waals surface area contributed by atoms with Crippen LogP contribution in [0.5, 0.6) is 0 Å². The highest BCUT2D eigenvalue weighted by molar-refractivity contribution is 7.99. The van der Waals surface area contributed by atoms with Gasteiger partial charge in [-0.25, -0.2) is 4.98 Å². The van der Waals surface area contributed by atoms with Crippen LogP contribution < -0.4 is 4.68 Å². The molecule has 0 amide bonds. The van der Waals surface area contributed by atoms with Crippen molar-refractivity contribution in [1.29, 1.82) is 0 Å². The van der Waals surface area contributed by atoms with Crippen LogP contribution >= 0.6 is 11.8 Å². The molecule has 134 valence electrons. The van der Waals surface area contributed by atoms with E-state index in [0.29, 0.717) is 0 Å². The minimum absolute atomic E-state index is 0.730. The molecule has 0 atom stereocenters. The molecule has 2 heterocycles. The summed E-state index contributed by atoms with van der Waals surface area (Å²) in [7, 11) is 0. The molecular formula is C22H16N5S+. The molecule has 0 radical (unpaired) electrons. The van der Waals surface area contributed by atoms with Gasteiger partial charge in [0.2, 0.25) is 0 Å². The van der Waals surface area contributed by atoms with Crippen LogP contribution in [0.3, 0.4) is 0 Å². The Kier molecular flexibility index (Phi) is 4.31. The van der Waals surface area contributed by atoms with Gasteiger partial charge in [-0.1, -0.05) is 71.9 Å². The number of benzene rings is 3. The maximum Gasteiger partial charge on any atom is 0.371 e. The Morgan fingerprint density at radius 1 is 0.786 bits per heavy atom. The molecule has 0 saturated carbocycles. The number of H-pyrrole nitrogens is 1. The normalized spacial score (nSPS) is 11.0. The third-order valence-corrected chi connectivity index (χ3v) is 5.32. The molecule has 0 aliphatic heterocycles. The van der Waals surface area contributed by atoms with E-state index >= 15 is 0 Å². The van der Waals surface area contributed by atoms with Gasteiger partial charge < -0.3 is 0 Å². The Balaban J connectivity index is 1.61. The second kappa shape index (κ2) is 7.25. The van der Waals surface area contributed by atoms with Gasteiger partial charge in [0, 0.05) is 17.1 Å². The lowest BCUT2D eigenvalue weighted by molar-refractivity contribution is -0.697. The molecule has 2 aromatic heterocycles. The number of nitrogens with one attached hydrogen (secondary N) is 1. The van der Waals surface area contributed by atoms with Crippen molar-refractivity contribution in [2.45, 2.75) is 10.2 Å². The van der Waals surface area contributed by atoms with E-state index in [2.05, 4.69) is 51.9 Å². The fraction of sp³-hybridized carbons (Fsp3) is 0. The van der Waals surface area contributed by atoms with E-state index in [0.717, 1.165) is 32.3 Å². The van der Waals surface area contributed by atoms with Crippen molar-refractivity contribution in [3.05, 3.63) is 91.0 Å². The summed E-state index contributed by atoms with van der Waals surface area (Å²) in [6, 6.07) is 30.7. The van der Waals surface area contributed by atoms with Crippen molar-refractivity contribution in [2.75, 3.05) is 0 Å². The van der Waals surface area contributed by atoms with E-state index in [1.165, 1.54) is 17.3 Å². The third-order valence-electron chi connectivity index (χ3n) is 4.46. The zero-order chi connectivity index (χ0) is 18.8. The predicted octanol–water partition coefficient (Wildman–Crippen LogP) is 4.45. The molecule has 0 spiro atoms. The molecule has 28 heavy (non-hydrogen) atoms. The average Bonchev–Trinajstić information content (AvgIpc) is 3.22. The van der Waals surface area contributed by atoms with Gasteiger partial charge in [-0.2, -0.15) is 0 Å². The maximum absolute atomic E-state index is 4.84. The van der Waals surface area contributed by atoms with E-state index in [1.54, 1.807) is 0 Å². The third kappa shape index (κ3) is 3.14. The number of hydrogen-bond acceptors (Lipinski definition) is 4. The first-order valence-corrected chi connectivity index (χ1v) is 9.72. The molecule has 5 nitrogen and oxygen atoms in total. The first-order valence-electron chi connectivity index (χ1n) is 8.90. The number of pyridine rings is 1. The van der Waals surface area contributed by atoms with Crippen molar-refractivity contribution in [3.63, 3.8) is 0 Å². The predicted molar refractivity (Wildman–Crippen MR) is 109 cm³/mol. The Bertz CT molecular complexity index is 1240. The molecule has 1 N–H and O–H groups in total. The molecule has 6 heteroatoms. The second-order valence-corrected chi connectivity index (χ2v) is 7.23. The van der Waals surface area contributed by atoms with E-state index in [1.807, 2.05) is 59.3 Å². The summed E-state index contributed by atoms with van der Waals surface area (Å²) >= 11 is 1.49. The number of tetrazole rings is 1. The number of aromatic nitrogens is 5. The molecular weight excluding hydrogens is 366 g/mol. The highest BCUT2D eigenvalue weighted by Crippen LogP contribution is 2.33. The second-order valence-electron chi connectivity index (χ2n) is 6.25. The van der Waals surface area contributed by atoms with Gasteiger partial charge in [-0.15, -0.1) is 4.68 Å². The van der Waals surface area contributed by atoms with Crippen molar-refractivity contribution in [1.82, 2.24) is 20.5 Å². The largest absolute Gasteiger partial charge is 0.371 e. The molecule has 0 fully saturated rings. The highest BCUT2D eigenvalue weighted by Gasteiger charge is 2.20. The molecule has 3 aromatic carbocycles. The average molecular weight is 382 g/mol. The molecule has 0 aliphatic rings.